The van der Waals surface area contributed by atoms with Crippen LogP contribution in [0.3, 0.4) is 0 Å². The molecule has 0 bridgehead atoms. The van der Waals surface area contributed by atoms with Gasteiger partial charge in [-0.25, -0.2) is 4.39 Å². The zero-order valence-electron chi connectivity index (χ0n) is 11.1. The Labute approximate surface area is 111 Å². The largest absolute Gasteiger partial charge is 0.271 e. The van der Waals surface area contributed by atoms with Crippen LogP contribution in [0.1, 0.15) is 30.0 Å². The van der Waals surface area contributed by atoms with Crippen LogP contribution in [0.2, 0.25) is 0 Å². The summed E-state index contributed by atoms with van der Waals surface area (Å²) >= 11 is 0. The van der Waals surface area contributed by atoms with Crippen LogP contribution in [0.25, 0.3) is 0 Å². The first kappa shape index (κ1) is 13.6. The molecule has 0 spiro atoms. The molecule has 1 atom stereocenters. The number of aryl methyl sites for hydroxylation is 2. The number of nitrogens with one attached hydrogen (secondary N) is 1. The third-order valence-electron chi connectivity index (χ3n) is 3.02. The van der Waals surface area contributed by atoms with Crippen LogP contribution in [0.5, 0.6) is 0 Å². The molecule has 0 aliphatic rings. The Morgan fingerprint density at radius 1 is 1.53 bits per heavy atom. The topological polar surface area (TPSA) is 68.8 Å². The minimum atomic E-state index is -0.373. The molecular weight excluding hydrogens is 245 g/mol. The standard InChI is InChI=1S/C13H18FN5/c1-3-19-10(7-9(2)18-19)8-12(17-15)13-11(14)5-4-6-16-13/h4-7,12,17H,3,8,15H2,1-2H3. The summed E-state index contributed by atoms with van der Waals surface area (Å²) in [5.41, 5.74) is 4.90. The molecule has 0 aliphatic heterocycles. The van der Waals surface area contributed by atoms with E-state index in [4.69, 9.17) is 5.84 Å². The second kappa shape index (κ2) is 5.90. The van der Waals surface area contributed by atoms with Gasteiger partial charge in [0.2, 0.25) is 0 Å². The fourth-order valence-corrected chi connectivity index (χ4v) is 2.14. The van der Waals surface area contributed by atoms with Gasteiger partial charge < -0.3 is 0 Å². The highest BCUT2D eigenvalue weighted by molar-refractivity contribution is 5.17. The van der Waals surface area contributed by atoms with E-state index < -0.39 is 0 Å². The number of hydrogen-bond acceptors (Lipinski definition) is 4. The van der Waals surface area contributed by atoms with Crippen LogP contribution in [-0.2, 0) is 13.0 Å². The van der Waals surface area contributed by atoms with Crippen molar-refractivity contribution in [3.05, 3.63) is 47.3 Å². The molecule has 102 valence electrons. The summed E-state index contributed by atoms with van der Waals surface area (Å²) in [6.45, 7) is 4.72. The lowest BCUT2D eigenvalue weighted by atomic mass is 10.1. The SMILES string of the molecule is CCn1nc(C)cc1CC(NN)c1ncccc1F. The zero-order valence-corrected chi connectivity index (χ0v) is 11.1. The van der Waals surface area contributed by atoms with Gasteiger partial charge in [0.15, 0.2) is 0 Å². The molecule has 0 fully saturated rings. The summed E-state index contributed by atoms with van der Waals surface area (Å²) < 4.78 is 15.6. The molecule has 19 heavy (non-hydrogen) atoms. The van der Waals surface area contributed by atoms with E-state index in [1.165, 1.54) is 6.07 Å². The van der Waals surface area contributed by atoms with E-state index in [2.05, 4.69) is 15.5 Å². The average molecular weight is 263 g/mol. The van der Waals surface area contributed by atoms with Gasteiger partial charge in [-0.2, -0.15) is 5.10 Å². The first-order valence-electron chi connectivity index (χ1n) is 6.25. The molecule has 2 aromatic rings. The summed E-state index contributed by atoms with van der Waals surface area (Å²) in [4.78, 5) is 4.06. The van der Waals surface area contributed by atoms with Crippen molar-refractivity contribution in [3.8, 4) is 0 Å². The smallest absolute Gasteiger partial charge is 0.146 e. The Morgan fingerprint density at radius 2 is 2.32 bits per heavy atom. The number of halogens is 1. The monoisotopic (exact) mass is 263 g/mol. The molecule has 0 radical (unpaired) electrons. The maximum atomic E-state index is 13.7. The highest BCUT2D eigenvalue weighted by Gasteiger charge is 2.18. The molecular formula is C13H18FN5. The molecule has 0 aliphatic carbocycles. The third-order valence-corrected chi connectivity index (χ3v) is 3.02. The summed E-state index contributed by atoms with van der Waals surface area (Å²) in [6, 6.07) is 4.55. The van der Waals surface area contributed by atoms with Gasteiger partial charge in [0, 0.05) is 24.9 Å². The van der Waals surface area contributed by atoms with Gasteiger partial charge in [-0.1, -0.05) is 0 Å². The van der Waals surface area contributed by atoms with Gasteiger partial charge in [-0.05, 0) is 32.0 Å². The lowest BCUT2D eigenvalue weighted by Gasteiger charge is -2.16. The third kappa shape index (κ3) is 2.97. The van der Waals surface area contributed by atoms with Crippen LogP contribution in [0.4, 0.5) is 4.39 Å². The molecule has 1 unspecified atom stereocenters. The minimum Gasteiger partial charge on any atom is -0.271 e. The minimum absolute atomic E-state index is 0.325. The van der Waals surface area contributed by atoms with Crippen molar-refractivity contribution in [1.29, 1.82) is 0 Å². The van der Waals surface area contributed by atoms with E-state index in [0.29, 0.717) is 12.1 Å². The van der Waals surface area contributed by atoms with Crippen molar-refractivity contribution < 1.29 is 4.39 Å². The van der Waals surface area contributed by atoms with Crippen molar-refractivity contribution in [1.82, 2.24) is 20.2 Å². The van der Waals surface area contributed by atoms with Crippen molar-refractivity contribution in [2.24, 2.45) is 5.84 Å². The van der Waals surface area contributed by atoms with Crippen LogP contribution in [0.15, 0.2) is 24.4 Å². The number of aromatic nitrogens is 3. The lowest BCUT2D eigenvalue weighted by Crippen LogP contribution is -2.31. The van der Waals surface area contributed by atoms with Crippen LogP contribution >= 0.6 is 0 Å². The second-order valence-corrected chi connectivity index (χ2v) is 4.39. The number of hydrazine groups is 1. The predicted octanol–water partition coefficient (Wildman–Crippen LogP) is 1.49. The van der Waals surface area contributed by atoms with E-state index in [-0.39, 0.29) is 11.9 Å². The highest BCUT2D eigenvalue weighted by atomic mass is 19.1. The van der Waals surface area contributed by atoms with Gasteiger partial charge in [0.25, 0.3) is 0 Å². The van der Waals surface area contributed by atoms with Gasteiger partial charge in [-0.15, -0.1) is 0 Å². The van der Waals surface area contributed by atoms with E-state index >= 15 is 0 Å². The van der Waals surface area contributed by atoms with Crippen molar-refractivity contribution >= 4 is 0 Å². The summed E-state index contributed by atoms with van der Waals surface area (Å²) in [7, 11) is 0. The molecule has 2 heterocycles. The van der Waals surface area contributed by atoms with Gasteiger partial charge >= 0.3 is 0 Å². The molecule has 2 aromatic heterocycles. The van der Waals surface area contributed by atoms with Gasteiger partial charge in [0.1, 0.15) is 5.82 Å². The van der Waals surface area contributed by atoms with Gasteiger partial charge in [0.05, 0.1) is 17.4 Å². The van der Waals surface area contributed by atoms with E-state index in [1.54, 1.807) is 12.3 Å². The Kier molecular flexibility index (Phi) is 4.24. The molecule has 0 saturated heterocycles. The number of hydrogen-bond donors (Lipinski definition) is 2. The van der Waals surface area contributed by atoms with E-state index in [1.807, 2.05) is 24.6 Å². The molecule has 2 rings (SSSR count). The fraction of sp³-hybridized carbons (Fsp3) is 0.385. The molecule has 5 nitrogen and oxygen atoms in total. The fourth-order valence-electron chi connectivity index (χ4n) is 2.14. The number of rotatable bonds is 5. The van der Waals surface area contributed by atoms with Crippen LogP contribution < -0.4 is 11.3 Å². The summed E-state index contributed by atoms with van der Waals surface area (Å²) in [5.74, 6) is 5.18. The molecule has 6 heteroatoms. The molecule has 0 saturated carbocycles. The van der Waals surface area contributed by atoms with Gasteiger partial charge in [-0.3, -0.25) is 20.9 Å². The second-order valence-electron chi connectivity index (χ2n) is 4.39. The molecule has 0 amide bonds. The Bertz CT molecular complexity index is 552. The Balaban J connectivity index is 2.26. The number of nitrogens with zero attached hydrogens (tertiary/aromatic N) is 3. The Morgan fingerprint density at radius 3 is 2.95 bits per heavy atom. The lowest BCUT2D eigenvalue weighted by molar-refractivity contribution is 0.477. The van der Waals surface area contributed by atoms with Crippen molar-refractivity contribution in [3.63, 3.8) is 0 Å². The van der Waals surface area contributed by atoms with E-state index in [0.717, 1.165) is 17.9 Å². The first-order valence-corrected chi connectivity index (χ1v) is 6.25. The highest BCUT2D eigenvalue weighted by Crippen LogP contribution is 2.19. The van der Waals surface area contributed by atoms with Crippen molar-refractivity contribution in [2.45, 2.75) is 32.9 Å². The maximum Gasteiger partial charge on any atom is 0.146 e. The maximum absolute atomic E-state index is 13.7. The van der Waals surface area contributed by atoms with E-state index in [9.17, 15) is 4.39 Å². The predicted molar refractivity (Wildman–Crippen MR) is 70.6 cm³/mol. The van der Waals surface area contributed by atoms with Crippen LogP contribution in [-0.4, -0.2) is 14.8 Å². The molecule has 0 aromatic carbocycles. The Hall–Kier alpha value is -1.79. The number of pyridine rings is 1. The van der Waals surface area contributed by atoms with Crippen molar-refractivity contribution in [2.75, 3.05) is 0 Å². The normalized spacial score (nSPS) is 12.6. The quantitative estimate of drug-likeness (QED) is 0.633. The summed E-state index contributed by atoms with van der Waals surface area (Å²) in [6.07, 6.45) is 2.10. The number of nitrogens with two attached hydrogens (primary N) is 1. The summed E-state index contributed by atoms with van der Waals surface area (Å²) in [5, 5.41) is 4.37. The average Bonchev–Trinajstić information content (AvgIpc) is 2.77. The molecule has 3 N–H and O–H groups in total. The van der Waals surface area contributed by atoms with Crippen LogP contribution in [0, 0.1) is 12.7 Å². The zero-order chi connectivity index (χ0) is 13.8. The first-order chi connectivity index (χ1) is 9.15.